The lowest BCUT2D eigenvalue weighted by atomic mass is 9.95. The first-order chi connectivity index (χ1) is 16.6. The van der Waals surface area contributed by atoms with Gasteiger partial charge in [-0.15, -0.1) is 21.5 Å². The Hall–Kier alpha value is -2.85. The number of methoxy groups -OCH3 is 1. The molecule has 3 aromatic rings. The van der Waals surface area contributed by atoms with Crippen molar-refractivity contribution in [2.24, 2.45) is 0 Å². The first kappa shape index (κ1) is 24.3. The third-order valence-electron chi connectivity index (χ3n) is 5.62. The summed E-state index contributed by atoms with van der Waals surface area (Å²) >= 11 is 2.80. The van der Waals surface area contributed by atoms with E-state index >= 15 is 0 Å². The molecule has 1 N–H and O–H groups in total. The first-order valence-corrected chi connectivity index (χ1v) is 13.2. The predicted molar refractivity (Wildman–Crippen MR) is 134 cm³/mol. The largest absolute Gasteiger partial charge is 0.496 e. The second kappa shape index (κ2) is 11.1. The van der Waals surface area contributed by atoms with Crippen molar-refractivity contribution in [3.63, 3.8) is 0 Å². The van der Waals surface area contributed by atoms with E-state index in [0.29, 0.717) is 40.4 Å². The maximum Gasteiger partial charge on any atom is 0.341 e. The summed E-state index contributed by atoms with van der Waals surface area (Å²) in [7, 11) is 1.62. The van der Waals surface area contributed by atoms with Crippen LogP contribution in [0.5, 0.6) is 5.75 Å². The van der Waals surface area contributed by atoms with E-state index < -0.39 is 0 Å². The number of hydrogen-bond donors (Lipinski definition) is 1. The molecular weight excluding hydrogens is 472 g/mol. The van der Waals surface area contributed by atoms with Crippen LogP contribution in [0.1, 0.15) is 47.5 Å². The van der Waals surface area contributed by atoms with Crippen molar-refractivity contribution in [2.75, 3.05) is 24.8 Å². The highest BCUT2D eigenvalue weighted by Crippen LogP contribution is 2.39. The van der Waals surface area contributed by atoms with Crippen LogP contribution in [0.15, 0.2) is 29.4 Å². The van der Waals surface area contributed by atoms with Gasteiger partial charge in [-0.05, 0) is 57.2 Å². The molecule has 1 aliphatic rings. The van der Waals surface area contributed by atoms with E-state index in [2.05, 4.69) is 15.5 Å². The summed E-state index contributed by atoms with van der Waals surface area (Å²) in [6.07, 6.45) is 3.92. The molecule has 0 aliphatic heterocycles. The average Bonchev–Trinajstić information content (AvgIpc) is 3.43. The molecule has 0 saturated heterocycles. The number of hydrogen-bond acceptors (Lipinski definition) is 8. The van der Waals surface area contributed by atoms with Crippen molar-refractivity contribution in [3.8, 4) is 17.1 Å². The lowest BCUT2D eigenvalue weighted by Crippen LogP contribution is -2.17. The van der Waals surface area contributed by atoms with E-state index in [1.807, 2.05) is 35.8 Å². The zero-order chi connectivity index (χ0) is 24.1. The number of aromatic nitrogens is 3. The molecule has 8 nitrogen and oxygen atoms in total. The number of carbonyl (C=O) groups excluding carboxylic acids is 2. The summed E-state index contributed by atoms with van der Waals surface area (Å²) in [5, 5.41) is 12.8. The molecule has 34 heavy (non-hydrogen) atoms. The summed E-state index contributed by atoms with van der Waals surface area (Å²) in [4.78, 5) is 26.7. The molecule has 0 radical (unpaired) electrons. The summed E-state index contributed by atoms with van der Waals surface area (Å²) in [5.41, 5.74) is 2.40. The normalized spacial score (nSPS) is 12.8. The molecule has 2 heterocycles. The number of aryl methyl sites for hydroxylation is 1. The minimum atomic E-state index is -0.364. The molecule has 1 amide bonds. The first-order valence-electron chi connectivity index (χ1n) is 11.4. The quantitative estimate of drug-likeness (QED) is 0.332. The van der Waals surface area contributed by atoms with Crippen molar-refractivity contribution in [2.45, 2.75) is 51.2 Å². The van der Waals surface area contributed by atoms with Crippen molar-refractivity contribution >= 4 is 40.0 Å². The van der Waals surface area contributed by atoms with Gasteiger partial charge in [0.15, 0.2) is 11.0 Å². The number of anilines is 1. The second-order valence-corrected chi connectivity index (χ2v) is 9.77. The van der Waals surface area contributed by atoms with Gasteiger partial charge in [0.25, 0.3) is 0 Å². The highest BCUT2D eigenvalue weighted by Gasteiger charge is 2.27. The Morgan fingerprint density at radius 2 is 1.97 bits per heavy atom. The molecule has 0 spiro atoms. The molecule has 0 saturated carbocycles. The average molecular weight is 501 g/mol. The summed E-state index contributed by atoms with van der Waals surface area (Å²) in [6.45, 7) is 4.74. The number of rotatable bonds is 9. The maximum absolute atomic E-state index is 12.9. The van der Waals surface area contributed by atoms with Crippen LogP contribution in [0.3, 0.4) is 0 Å². The third kappa shape index (κ3) is 4.97. The van der Waals surface area contributed by atoms with Crippen LogP contribution in [-0.4, -0.2) is 46.1 Å². The smallest absolute Gasteiger partial charge is 0.341 e. The van der Waals surface area contributed by atoms with Crippen LogP contribution < -0.4 is 10.1 Å². The highest BCUT2D eigenvalue weighted by molar-refractivity contribution is 7.99. The second-order valence-electron chi connectivity index (χ2n) is 7.72. The van der Waals surface area contributed by atoms with Gasteiger partial charge in [-0.25, -0.2) is 4.79 Å². The summed E-state index contributed by atoms with van der Waals surface area (Å²) < 4.78 is 12.7. The summed E-state index contributed by atoms with van der Waals surface area (Å²) in [5.74, 6) is 0.996. The number of esters is 1. The number of carbonyl (C=O) groups is 2. The molecule has 0 atom stereocenters. The maximum atomic E-state index is 12.9. The molecule has 0 bridgehead atoms. The molecule has 180 valence electrons. The van der Waals surface area contributed by atoms with Gasteiger partial charge in [0, 0.05) is 11.4 Å². The molecule has 1 aliphatic carbocycles. The molecule has 10 heteroatoms. The van der Waals surface area contributed by atoms with E-state index in [1.165, 1.54) is 28.0 Å². The number of para-hydroxylation sites is 1. The van der Waals surface area contributed by atoms with E-state index in [0.717, 1.165) is 36.8 Å². The number of thiophene rings is 1. The topological polar surface area (TPSA) is 95.3 Å². The third-order valence-corrected chi connectivity index (χ3v) is 7.79. The molecule has 4 rings (SSSR count). The number of nitrogens with zero attached hydrogens (tertiary/aromatic N) is 3. The number of thioether (sulfide) groups is 1. The zero-order valence-corrected chi connectivity index (χ0v) is 21.2. The van der Waals surface area contributed by atoms with Gasteiger partial charge in [-0.1, -0.05) is 23.9 Å². The van der Waals surface area contributed by atoms with Crippen LogP contribution in [0.2, 0.25) is 0 Å². The SMILES string of the molecule is CCOC(=O)c1c(NC(=O)CSc2nnc(-c3ccccc3OC)n2CC)sc2c1CCCC2. The summed E-state index contributed by atoms with van der Waals surface area (Å²) in [6, 6.07) is 7.65. The molecular formula is C24H28N4O4S2. The van der Waals surface area contributed by atoms with E-state index in [-0.39, 0.29) is 17.6 Å². The monoisotopic (exact) mass is 500 g/mol. The van der Waals surface area contributed by atoms with Crippen molar-refractivity contribution in [3.05, 3.63) is 40.3 Å². The highest BCUT2D eigenvalue weighted by atomic mass is 32.2. The molecule has 0 unspecified atom stereocenters. The van der Waals surface area contributed by atoms with Gasteiger partial charge in [0.2, 0.25) is 5.91 Å². The molecule has 2 aromatic heterocycles. The Labute approximate surface area is 207 Å². The van der Waals surface area contributed by atoms with Crippen molar-refractivity contribution < 1.29 is 19.1 Å². The van der Waals surface area contributed by atoms with Gasteiger partial charge in [-0.2, -0.15) is 0 Å². The fourth-order valence-corrected chi connectivity index (χ4v) is 6.17. The van der Waals surface area contributed by atoms with Crippen LogP contribution in [-0.2, 0) is 28.9 Å². The van der Waals surface area contributed by atoms with Gasteiger partial charge in [-0.3, -0.25) is 4.79 Å². The van der Waals surface area contributed by atoms with Gasteiger partial charge < -0.3 is 19.4 Å². The molecule has 0 fully saturated rings. The van der Waals surface area contributed by atoms with Crippen LogP contribution in [0, 0.1) is 0 Å². The number of amides is 1. The Morgan fingerprint density at radius 1 is 1.18 bits per heavy atom. The van der Waals surface area contributed by atoms with Crippen molar-refractivity contribution in [1.29, 1.82) is 0 Å². The van der Waals surface area contributed by atoms with Gasteiger partial charge in [0.05, 0.1) is 30.6 Å². The molecule has 1 aromatic carbocycles. The zero-order valence-electron chi connectivity index (χ0n) is 19.6. The Balaban J connectivity index is 1.50. The lowest BCUT2D eigenvalue weighted by molar-refractivity contribution is -0.113. The predicted octanol–water partition coefficient (Wildman–Crippen LogP) is 4.82. The van der Waals surface area contributed by atoms with Gasteiger partial charge >= 0.3 is 5.97 Å². The number of nitrogens with one attached hydrogen (secondary N) is 1. The minimum absolute atomic E-state index is 0.148. The van der Waals surface area contributed by atoms with E-state index in [9.17, 15) is 9.59 Å². The van der Waals surface area contributed by atoms with Crippen LogP contribution in [0.4, 0.5) is 5.00 Å². The lowest BCUT2D eigenvalue weighted by Gasteiger charge is -2.12. The fraction of sp³-hybridized carbons (Fsp3) is 0.417. The van der Waals surface area contributed by atoms with Crippen LogP contribution in [0.25, 0.3) is 11.4 Å². The number of benzene rings is 1. The number of fused-ring (bicyclic) bond motifs is 1. The van der Waals surface area contributed by atoms with Gasteiger partial charge in [0.1, 0.15) is 10.8 Å². The standard InChI is InChI=1S/C24H28N4O4S2/c1-4-28-21(15-10-6-8-12-17(15)31-3)26-27-24(28)33-14-19(29)25-22-20(23(30)32-5-2)16-11-7-9-13-18(16)34-22/h6,8,10,12H,4-5,7,9,11,13-14H2,1-3H3,(H,25,29). The Kier molecular flexibility index (Phi) is 7.89. The van der Waals surface area contributed by atoms with E-state index in [1.54, 1.807) is 14.0 Å². The van der Waals surface area contributed by atoms with Crippen LogP contribution >= 0.6 is 23.1 Å². The Morgan fingerprint density at radius 3 is 2.74 bits per heavy atom. The van der Waals surface area contributed by atoms with E-state index in [4.69, 9.17) is 9.47 Å². The van der Waals surface area contributed by atoms with Crippen molar-refractivity contribution in [1.82, 2.24) is 14.8 Å². The minimum Gasteiger partial charge on any atom is -0.496 e. The Bertz CT molecular complexity index is 1190. The fourth-order valence-electron chi connectivity index (χ4n) is 4.08. The number of ether oxygens (including phenoxy) is 2.